The molecule has 1 atom stereocenters. The van der Waals surface area contributed by atoms with Crippen LogP contribution in [-0.4, -0.2) is 18.4 Å². The van der Waals surface area contributed by atoms with E-state index in [1.54, 1.807) is 31.5 Å². The van der Waals surface area contributed by atoms with Crippen molar-refractivity contribution >= 4 is 13.2 Å². The fourth-order valence-electron chi connectivity index (χ4n) is 2.05. The van der Waals surface area contributed by atoms with E-state index in [1.165, 1.54) is 0 Å². The predicted molar refractivity (Wildman–Crippen MR) is 85.3 cm³/mol. The lowest BCUT2D eigenvalue weighted by Gasteiger charge is -2.29. The molecule has 0 radical (unpaired) electrons. The van der Waals surface area contributed by atoms with Crippen LogP contribution in [0.1, 0.15) is 11.1 Å². The average Bonchev–Trinajstić information content (AvgIpc) is 2.45. The van der Waals surface area contributed by atoms with Crippen molar-refractivity contribution < 1.29 is 9.67 Å². The molecule has 2 aromatic rings. The summed E-state index contributed by atoms with van der Waals surface area (Å²) < 4.78 is 12.6. The number of hydrogen-bond donors (Lipinski definition) is 1. The lowest BCUT2D eigenvalue weighted by molar-refractivity contribution is 0.176. The van der Waals surface area contributed by atoms with Gasteiger partial charge in [0.2, 0.25) is 0 Å². The Bertz CT molecular complexity index is 629. The standard InChI is InChI=1S/C17H19O2P/c1-20(2,19)17(18,16-11-7-4-8-12-16)14-13-15-9-5-3-6-10-15/h3-14,18H,1-2H3/b14-13+. The van der Waals surface area contributed by atoms with Crippen LogP contribution in [0.3, 0.4) is 0 Å². The van der Waals surface area contributed by atoms with Gasteiger partial charge < -0.3 is 9.67 Å². The van der Waals surface area contributed by atoms with E-state index in [0.717, 1.165) is 5.56 Å². The lowest BCUT2D eigenvalue weighted by Crippen LogP contribution is -2.22. The molecule has 0 amide bonds. The van der Waals surface area contributed by atoms with Gasteiger partial charge in [0.05, 0.1) is 0 Å². The van der Waals surface area contributed by atoms with Crippen LogP contribution in [0, 0.1) is 0 Å². The van der Waals surface area contributed by atoms with Crippen molar-refractivity contribution in [3.8, 4) is 0 Å². The minimum atomic E-state index is -2.78. The third-order valence-corrected chi connectivity index (χ3v) is 5.38. The summed E-state index contributed by atoms with van der Waals surface area (Å²) in [7, 11) is -2.78. The first-order valence-corrected chi connectivity index (χ1v) is 9.11. The van der Waals surface area contributed by atoms with Crippen LogP contribution in [0.15, 0.2) is 66.7 Å². The maximum absolute atomic E-state index is 12.6. The van der Waals surface area contributed by atoms with Crippen LogP contribution in [-0.2, 0) is 9.91 Å². The molecule has 1 unspecified atom stereocenters. The van der Waals surface area contributed by atoms with E-state index in [0.29, 0.717) is 5.56 Å². The molecule has 0 spiro atoms. The van der Waals surface area contributed by atoms with Gasteiger partial charge in [-0.05, 0) is 30.5 Å². The van der Waals surface area contributed by atoms with Crippen LogP contribution < -0.4 is 0 Å². The summed E-state index contributed by atoms with van der Waals surface area (Å²) in [5, 5.41) is 9.49. The zero-order valence-electron chi connectivity index (χ0n) is 11.7. The van der Waals surface area contributed by atoms with Gasteiger partial charge in [-0.3, -0.25) is 0 Å². The maximum atomic E-state index is 12.6. The fourth-order valence-corrected chi connectivity index (χ4v) is 3.25. The molecule has 2 aromatic carbocycles. The smallest absolute Gasteiger partial charge is 0.160 e. The van der Waals surface area contributed by atoms with E-state index in [4.69, 9.17) is 0 Å². The van der Waals surface area contributed by atoms with Crippen molar-refractivity contribution in [1.29, 1.82) is 0 Å². The van der Waals surface area contributed by atoms with Crippen LogP contribution in [0.5, 0.6) is 0 Å². The van der Waals surface area contributed by atoms with Crippen LogP contribution in [0.25, 0.3) is 6.08 Å². The van der Waals surface area contributed by atoms with E-state index in [-0.39, 0.29) is 0 Å². The minimum absolute atomic E-state index is 0.653. The molecule has 0 saturated heterocycles. The molecule has 0 bridgehead atoms. The number of rotatable bonds is 4. The highest BCUT2D eigenvalue weighted by molar-refractivity contribution is 7.63. The largest absolute Gasteiger partial charge is 0.374 e. The normalized spacial score (nSPS) is 15.2. The van der Waals surface area contributed by atoms with Gasteiger partial charge in [0, 0.05) is 0 Å². The summed E-state index contributed by atoms with van der Waals surface area (Å²) in [5.41, 5.74) is 1.62. The lowest BCUT2D eigenvalue weighted by atomic mass is 10.1. The summed E-state index contributed by atoms with van der Waals surface area (Å²) in [5.74, 6) is 0. The van der Waals surface area contributed by atoms with Crippen LogP contribution in [0.2, 0.25) is 0 Å². The van der Waals surface area contributed by atoms with Crippen molar-refractivity contribution in [2.45, 2.75) is 5.34 Å². The van der Waals surface area contributed by atoms with Gasteiger partial charge in [-0.1, -0.05) is 66.7 Å². The molecule has 3 heteroatoms. The topological polar surface area (TPSA) is 37.3 Å². The maximum Gasteiger partial charge on any atom is 0.160 e. The van der Waals surface area contributed by atoms with Crippen LogP contribution in [0.4, 0.5) is 0 Å². The molecular formula is C17H19O2P. The molecule has 0 aliphatic rings. The summed E-state index contributed by atoms with van der Waals surface area (Å²) in [4.78, 5) is 0. The number of benzene rings is 2. The van der Waals surface area contributed by atoms with Gasteiger partial charge in [0.1, 0.15) is 7.14 Å². The SMILES string of the molecule is CP(C)(=O)C(O)(/C=C/c1ccccc1)c1ccccc1. The molecule has 0 aliphatic carbocycles. The van der Waals surface area contributed by atoms with Gasteiger partial charge in [-0.15, -0.1) is 0 Å². The molecule has 104 valence electrons. The summed E-state index contributed by atoms with van der Waals surface area (Å²) in [6.07, 6.45) is 3.45. The van der Waals surface area contributed by atoms with Gasteiger partial charge in [0.15, 0.2) is 5.34 Å². The molecular weight excluding hydrogens is 267 g/mol. The molecule has 0 saturated carbocycles. The van der Waals surface area contributed by atoms with E-state index < -0.39 is 12.5 Å². The first-order valence-electron chi connectivity index (χ1n) is 6.51. The molecule has 0 aliphatic heterocycles. The zero-order valence-corrected chi connectivity index (χ0v) is 12.6. The van der Waals surface area contributed by atoms with E-state index in [2.05, 4.69) is 0 Å². The number of aliphatic hydroxyl groups is 1. The van der Waals surface area contributed by atoms with Crippen molar-refractivity contribution in [2.24, 2.45) is 0 Å². The highest BCUT2D eigenvalue weighted by Gasteiger charge is 2.38. The van der Waals surface area contributed by atoms with Crippen molar-refractivity contribution in [3.05, 3.63) is 77.9 Å². The Morgan fingerprint density at radius 2 is 1.45 bits per heavy atom. The molecule has 0 aromatic heterocycles. The summed E-state index contributed by atoms with van der Waals surface area (Å²) >= 11 is 0. The minimum Gasteiger partial charge on any atom is -0.374 e. The molecule has 1 N–H and O–H groups in total. The molecule has 2 rings (SSSR count). The third-order valence-electron chi connectivity index (χ3n) is 3.33. The van der Waals surface area contributed by atoms with Crippen LogP contribution >= 0.6 is 7.14 Å². The second kappa shape index (κ2) is 5.78. The van der Waals surface area contributed by atoms with Crippen molar-refractivity contribution in [3.63, 3.8) is 0 Å². The highest BCUT2D eigenvalue weighted by Crippen LogP contribution is 2.57. The molecule has 20 heavy (non-hydrogen) atoms. The van der Waals surface area contributed by atoms with Gasteiger partial charge in [0.25, 0.3) is 0 Å². The molecule has 2 nitrogen and oxygen atoms in total. The molecule has 0 fully saturated rings. The second-order valence-electron chi connectivity index (χ2n) is 5.19. The Morgan fingerprint density at radius 1 is 0.950 bits per heavy atom. The summed E-state index contributed by atoms with van der Waals surface area (Å²) in [6.45, 7) is 3.21. The third kappa shape index (κ3) is 3.09. The Labute approximate surface area is 120 Å². The van der Waals surface area contributed by atoms with Gasteiger partial charge >= 0.3 is 0 Å². The van der Waals surface area contributed by atoms with Crippen molar-refractivity contribution in [2.75, 3.05) is 13.3 Å². The van der Waals surface area contributed by atoms with Crippen molar-refractivity contribution in [1.82, 2.24) is 0 Å². The Morgan fingerprint density at radius 3 is 1.95 bits per heavy atom. The Balaban J connectivity index is 2.45. The van der Waals surface area contributed by atoms with E-state index >= 15 is 0 Å². The Hall–Kier alpha value is -1.63. The quantitative estimate of drug-likeness (QED) is 0.857. The molecule has 0 heterocycles. The van der Waals surface area contributed by atoms with E-state index in [1.807, 2.05) is 54.6 Å². The van der Waals surface area contributed by atoms with Gasteiger partial charge in [-0.25, -0.2) is 0 Å². The first kappa shape index (κ1) is 14.8. The van der Waals surface area contributed by atoms with E-state index in [9.17, 15) is 9.67 Å². The second-order valence-corrected chi connectivity index (χ2v) is 8.57. The fraction of sp³-hybridized carbons (Fsp3) is 0.176. The highest BCUT2D eigenvalue weighted by atomic mass is 31.2. The average molecular weight is 286 g/mol. The number of hydrogen-bond acceptors (Lipinski definition) is 2. The monoisotopic (exact) mass is 286 g/mol. The first-order chi connectivity index (χ1) is 9.43. The summed E-state index contributed by atoms with van der Waals surface area (Å²) in [6, 6.07) is 18.8. The zero-order chi connectivity index (χ0) is 14.6. The predicted octanol–water partition coefficient (Wildman–Crippen LogP) is 4.17. The Kier molecular flexibility index (Phi) is 4.27. The van der Waals surface area contributed by atoms with Gasteiger partial charge in [-0.2, -0.15) is 0 Å².